The molecule has 0 radical (unpaired) electrons. The SMILES string of the molecule is COc1cccc(-c2nc([C@@H]3CCCN(C(=O)Nc4ccc(C(=O)N(C)C)cc4)C3)n3c2CCCC3)c1. The Balaban J connectivity index is 1.33. The molecule has 2 aliphatic heterocycles. The average molecular weight is 502 g/mol. The number of ether oxygens (including phenoxy) is 1. The number of hydrogen-bond donors (Lipinski definition) is 1. The number of carbonyl (C=O) groups excluding carboxylic acids is 2. The van der Waals surface area contributed by atoms with E-state index in [9.17, 15) is 9.59 Å². The fourth-order valence-electron chi connectivity index (χ4n) is 5.41. The maximum absolute atomic E-state index is 13.2. The molecule has 0 spiro atoms. The van der Waals surface area contributed by atoms with Crippen molar-refractivity contribution < 1.29 is 14.3 Å². The van der Waals surface area contributed by atoms with Crippen LogP contribution in [0.3, 0.4) is 0 Å². The van der Waals surface area contributed by atoms with Crippen molar-refractivity contribution in [2.24, 2.45) is 0 Å². The zero-order valence-corrected chi connectivity index (χ0v) is 21.9. The first-order valence-corrected chi connectivity index (χ1v) is 13.1. The molecule has 3 amide bonds. The van der Waals surface area contributed by atoms with Crippen molar-refractivity contribution in [3.05, 3.63) is 65.6 Å². The molecule has 3 aromatic rings. The summed E-state index contributed by atoms with van der Waals surface area (Å²) in [5.74, 6) is 2.05. The van der Waals surface area contributed by atoms with Gasteiger partial charge in [-0.15, -0.1) is 0 Å². The lowest BCUT2D eigenvalue weighted by Gasteiger charge is -2.33. The topological polar surface area (TPSA) is 79.7 Å². The summed E-state index contributed by atoms with van der Waals surface area (Å²) in [5, 5.41) is 3.01. The Bertz CT molecular complexity index is 1280. The zero-order valence-electron chi connectivity index (χ0n) is 21.9. The van der Waals surface area contributed by atoms with Crippen molar-refractivity contribution in [3.8, 4) is 17.0 Å². The molecule has 8 heteroatoms. The van der Waals surface area contributed by atoms with Crippen molar-refractivity contribution in [1.82, 2.24) is 19.4 Å². The van der Waals surface area contributed by atoms with Gasteiger partial charge in [-0.05, 0) is 68.5 Å². The van der Waals surface area contributed by atoms with E-state index in [-0.39, 0.29) is 17.9 Å². The number of nitrogens with one attached hydrogen (secondary N) is 1. The van der Waals surface area contributed by atoms with E-state index in [0.29, 0.717) is 17.8 Å². The minimum Gasteiger partial charge on any atom is -0.497 e. The second-order valence-electron chi connectivity index (χ2n) is 10.1. The van der Waals surface area contributed by atoms with Crippen LogP contribution in [-0.2, 0) is 13.0 Å². The van der Waals surface area contributed by atoms with Gasteiger partial charge in [0.15, 0.2) is 0 Å². The highest BCUT2D eigenvalue weighted by Gasteiger charge is 2.31. The van der Waals surface area contributed by atoms with Gasteiger partial charge in [-0.3, -0.25) is 4.79 Å². The van der Waals surface area contributed by atoms with Gasteiger partial charge in [-0.25, -0.2) is 9.78 Å². The summed E-state index contributed by atoms with van der Waals surface area (Å²) in [4.78, 5) is 33.9. The summed E-state index contributed by atoms with van der Waals surface area (Å²) in [6.07, 6.45) is 5.28. The van der Waals surface area contributed by atoms with E-state index in [1.807, 2.05) is 17.0 Å². The number of carbonyl (C=O) groups is 2. The molecule has 3 heterocycles. The Morgan fingerprint density at radius 3 is 2.62 bits per heavy atom. The van der Waals surface area contributed by atoms with Crippen molar-refractivity contribution in [1.29, 1.82) is 0 Å². The quantitative estimate of drug-likeness (QED) is 0.533. The summed E-state index contributed by atoms with van der Waals surface area (Å²) >= 11 is 0. The molecule has 2 aliphatic rings. The molecule has 5 rings (SSSR count). The van der Waals surface area contributed by atoms with E-state index in [4.69, 9.17) is 9.72 Å². The molecular formula is C29H35N5O3. The number of nitrogens with zero attached hydrogens (tertiary/aromatic N) is 4. The Morgan fingerprint density at radius 1 is 1.05 bits per heavy atom. The molecule has 1 fully saturated rings. The van der Waals surface area contributed by atoms with Crippen molar-refractivity contribution in [3.63, 3.8) is 0 Å². The van der Waals surface area contributed by atoms with E-state index >= 15 is 0 Å². The lowest BCUT2D eigenvalue weighted by molar-refractivity contribution is 0.0827. The van der Waals surface area contributed by atoms with E-state index in [0.717, 1.165) is 61.6 Å². The average Bonchev–Trinajstić information content (AvgIpc) is 3.33. The first-order chi connectivity index (χ1) is 17.9. The summed E-state index contributed by atoms with van der Waals surface area (Å²) in [7, 11) is 5.13. The Morgan fingerprint density at radius 2 is 1.86 bits per heavy atom. The van der Waals surface area contributed by atoms with Crippen LogP contribution in [0.15, 0.2) is 48.5 Å². The number of rotatable bonds is 5. The fourth-order valence-corrected chi connectivity index (χ4v) is 5.41. The minimum atomic E-state index is -0.116. The summed E-state index contributed by atoms with van der Waals surface area (Å²) in [6.45, 7) is 2.33. The second-order valence-corrected chi connectivity index (χ2v) is 10.1. The summed E-state index contributed by atoms with van der Waals surface area (Å²) < 4.78 is 7.86. The Labute approximate surface area is 218 Å². The number of imidazole rings is 1. The standard InChI is InChI=1S/C29H35N5O3/c1-32(2)28(35)20-12-14-23(15-13-20)30-29(36)33-16-7-9-22(19-33)27-31-26(25-11-4-5-17-34(25)27)21-8-6-10-24(18-21)37-3/h6,8,10,12-15,18,22H,4-5,7,9,11,16-17,19H2,1-3H3,(H,30,36)/t22-/m1/s1. The molecule has 37 heavy (non-hydrogen) atoms. The maximum Gasteiger partial charge on any atom is 0.321 e. The molecule has 1 saturated heterocycles. The Kier molecular flexibility index (Phi) is 7.17. The molecule has 0 unspecified atom stereocenters. The van der Waals surface area contributed by atoms with Crippen LogP contribution in [0.2, 0.25) is 0 Å². The van der Waals surface area contributed by atoms with Gasteiger partial charge < -0.3 is 24.4 Å². The maximum atomic E-state index is 13.2. The predicted molar refractivity (Wildman–Crippen MR) is 144 cm³/mol. The van der Waals surface area contributed by atoms with Gasteiger partial charge in [0.1, 0.15) is 11.6 Å². The molecule has 1 atom stereocenters. The van der Waals surface area contributed by atoms with E-state index in [1.165, 1.54) is 17.0 Å². The molecule has 8 nitrogen and oxygen atoms in total. The first-order valence-electron chi connectivity index (χ1n) is 13.1. The number of likely N-dealkylation sites (tertiary alicyclic amines) is 1. The lowest BCUT2D eigenvalue weighted by atomic mass is 9.97. The molecule has 1 N–H and O–H groups in total. The van der Waals surface area contributed by atoms with Crippen LogP contribution in [0.4, 0.5) is 10.5 Å². The van der Waals surface area contributed by atoms with E-state index in [1.54, 1.807) is 45.5 Å². The summed E-state index contributed by atoms with van der Waals surface area (Å²) in [5.41, 5.74) is 4.70. The Hall–Kier alpha value is -3.81. The van der Waals surface area contributed by atoms with Gasteiger partial charge >= 0.3 is 6.03 Å². The predicted octanol–water partition coefficient (Wildman–Crippen LogP) is 5.01. The van der Waals surface area contributed by atoms with Crippen LogP contribution in [0.5, 0.6) is 5.75 Å². The number of methoxy groups -OCH3 is 1. The minimum absolute atomic E-state index is 0.0619. The number of amides is 3. The molecule has 0 bridgehead atoms. The highest BCUT2D eigenvalue weighted by molar-refractivity contribution is 5.95. The lowest BCUT2D eigenvalue weighted by Crippen LogP contribution is -2.42. The third-order valence-corrected chi connectivity index (χ3v) is 7.35. The normalized spacial score (nSPS) is 17.2. The van der Waals surface area contributed by atoms with Crippen LogP contribution in [0, 0.1) is 0 Å². The largest absolute Gasteiger partial charge is 0.497 e. The van der Waals surface area contributed by atoms with Crippen LogP contribution in [0.25, 0.3) is 11.3 Å². The smallest absolute Gasteiger partial charge is 0.321 e. The zero-order chi connectivity index (χ0) is 25.9. The fraction of sp³-hybridized carbons (Fsp3) is 0.414. The van der Waals surface area contributed by atoms with Gasteiger partial charge in [0.2, 0.25) is 0 Å². The van der Waals surface area contributed by atoms with Crippen molar-refractivity contribution in [2.45, 2.75) is 44.6 Å². The summed E-state index contributed by atoms with van der Waals surface area (Å²) in [6, 6.07) is 15.1. The second kappa shape index (κ2) is 10.7. The first kappa shape index (κ1) is 24.9. The van der Waals surface area contributed by atoms with E-state index in [2.05, 4.69) is 22.0 Å². The third-order valence-electron chi connectivity index (χ3n) is 7.35. The van der Waals surface area contributed by atoms with Gasteiger partial charge in [-0.2, -0.15) is 0 Å². The highest BCUT2D eigenvalue weighted by atomic mass is 16.5. The molecule has 0 aliphatic carbocycles. The van der Waals surface area contributed by atoms with Crippen molar-refractivity contribution >= 4 is 17.6 Å². The van der Waals surface area contributed by atoms with Gasteiger partial charge in [0.25, 0.3) is 5.91 Å². The van der Waals surface area contributed by atoms with Crippen LogP contribution in [0.1, 0.15) is 53.5 Å². The monoisotopic (exact) mass is 501 g/mol. The van der Waals surface area contributed by atoms with Crippen molar-refractivity contribution in [2.75, 3.05) is 39.6 Å². The number of fused-ring (bicyclic) bond motifs is 1. The third kappa shape index (κ3) is 5.19. The number of piperidine rings is 1. The van der Waals surface area contributed by atoms with Crippen LogP contribution < -0.4 is 10.1 Å². The highest BCUT2D eigenvalue weighted by Crippen LogP contribution is 2.35. The molecule has 2 aromatic carbocycles. The van der Waals surface area contributed by atoms with Gasteiger partial charge in [-0.1, -0.05) is 12.1 Å². The molecular weight excluding hydrogens is 466 g/mol. The number of benzene rings is 2. The van der Waals surface area contributed by atoms with Crippen LogP contribution in [-0.4, -0.2) is 65.6 Å². The van der Waals surface area contributed by atoms with Gasteiger partial charge in [0, 0.05) is 62.2 Å². The molecule has 194 valence electrons. The number of anilines is 1. The van der Waals surface area contributed by atoms with E-state index < -0.39 is 0 Å². The number of aromatic nitrogens is 2. The van der Waals surface area contributed by atoms with Crippen LogP contribution >= 0.6 is 0 Å². The number of urea groups is 1. The molecule has 0 saturated carbocycles. The number of hydrogen-bond acceptors (Lipinski definition) is 4. The van der Waals surface area contributed by atoms with Gasteiger partial charge in [0.05, 0.1) is 12.8 Å². The molecule has 1 aromatic heterocycles.